The molecule has 0 atom stereocenters. The highest BCUT2D eigenvalue weighted by molar-refractivity contribution is 5.97. The van der Waals surface area contributed by atoms with E-state index in [0.29, 0.717) is 11.4 Å². The van der Waals surface area contributed by atoms with Crippen molar-refractivity contribution in [3.05, 3.63) is 47.5 Å². The third-order valence-corrected chi connectivity index (χ3v) is 4.47. The van der Waals surface area contributed by atoms with Gasteiger partial charge >= 0.3 is 0 Å². The lowest BCUT2D eigenvalue weighted by Gasteiger charge is -2.14. The number of aryl methyl sites for hydroxylation is 2. The van der Waals surface area contributed by atoms with Crippen molar-refractivity contribution in [3.8, 4) is 22.8 Å². The van der Waals surface area contributed by atoms with Gasteiger partial charge < -0.3 is 19.9 Å². The van der Waals surface area contributed by atoms with E-state index in [4.69, 9.17) is 14.5 Å². The van der Waals surface area contributed by atoms with Crippen LogP contribution in [0.25, 0.3) is 22.2 Å². The maximum Gasteiger partial charge on any atom is 0.250 e. The molecule has 6 nitrogen and oxygen atoms in total. The van der Waals surface area contributed by atoms with Gasteiger partial charge in [-0.25, -0.2) is 4.98 Å². The van der Waals surface area contributed by atoms with Crippen LogP contribution < -0.4 is 10.1 Å². The van der Waals surface area contributed by atoms with Crippen molar-refractivity contribution in [1.29, 1.82) is 0 Å². The average molecular weight is 366 g/mol. The van der Waals surface area contributed by atoms with Gasteiger partial charge in [-0.05, 0) is 55.3 Å². The summed E-state index contributed by atoms with van der Waals surface area (Å²) in [6.07, 6.45) is 0. The van der Waals surface area contributed by atoms with Crippen LogP contribution in [0.15, 0.2) is 36.4 Å². The zero-order valence-electron chi connectivity index (χ0n) is 15.8. The quantitative estimate of drug-likeness (QED) is 0.717. The Labute approximate surface area is 157 Å². The molecule has 2 aromatic carbocycles. The molecule has 0 aliphatic carbocycles. The molecule has 27 heavy (non-hydrogen) atoms. The summed E-state index contributed by atoms with van der Waals surface area (Å²) in [5.74, 6) is 0.260. The number of pyridine rings is 1. The second kappa shape index (κ2) is 7.63. The van der Waals surface area contributed by atoms with E-state index in [1.54, 1.807) is 12.1 Å². The van der Waals surface area contributed by atoms with Crippen molar-refractivity contribution in [2.45, 2.75) is 13.8 Å². The molecule has 0 saturated carbocycles. The third kappa shape index (κ3) is 3.71. The van der Waals surface area contributed by atoms with Gasteiger partial charge in [-0.15, -0.1) is 0 Å². The van der Waals surface area contributed by atoms with E-state index < -0.39 is 0 Å². The molecule has 1 heterocycles. The van der Waals surface area contributed by atoms with Crippen molar-refractivity contribution in [2.75, 3.05) is 26.1 Å². The molecule has 3 rings (SSSR count). The number of rotatable bonds is 5. The van der Waals surface area contributed by atoms with Crippen molar-refractivity contribution in [2.24, 2.45) is 0 Å². The van der Waals surface area contributed by atoms with Crippen LogP contribution in [-0.2, 0) is 9.53 Å². The number of ether oxygens (including phenoxy) is 2. The van der Waals surface area contributed by atoms with E-state index in [9.17, 15) is 9.90 Å². The van der Waals surface area contributed by atoms with Gasteiger partial charge in [0.2, 0.25) is 5.91 Å². The minimum absolute atomic E-state index is 0.00486. The number of fused-ring (bicyclic) bond motifs is 1. The lowest BCUT2D eigenvalue weighted by Crippen LogP contribution is -2.17. The first kappa shape index (κ1) is 18.7. The Morgan fingerprint density at radius 3 is 2.59 bits per heavy atom. The Hall–Kier alpha value is -3.12. The van der Waals surface area contributed by atoms with Gasteiger partial charge in [-0.3, -0.25) is 4.79 Å². The van der Waals surface area contributed by atoms with Gasteiger partial charge in [-0.1, -0.05) is 6.07 Å². The Balaban J connectivity index is 2.10. The highest BCUT2D eigenvalue weighted by Gasteiger charge is 2.13. The summed E-state index contributed by atoms with van der Waals surface area (Å²) in [5.41, 5.74) is 4.96. The second-order valence-corrected chi connectivity index (χ2v) is 6.33. The number of aromatic nitrogens is 1. The molecule has 0 aliphatic rings. The molecule has 3 aromatic rings. The summed E-state index contributed by atoms with van der Waals surface area (Å²) in [5, 5.41) is 13.9. The normalized spacial score (nSPS) is 10.8. The van der Waals surface area contributed by atoms with Crippen LogP contribution >= 0.6 is 0 Å². The van der Waals surface area contributed by atoms with Crippen molar-refractivity contribution in [1.82, 2.24) is 4.98 Å². The first-order valence-electron chi connectivity index (χ1n) is 8.51. The lowest BCUT2D eigenvalue weighted by atomic mass is 10.0. The number of phenolic OH excluding ortho intramolecular Hbond substituents is 1. The third-order valence-electron chi connectivity index (χ3n) is 4.47. The molecular weight excluding hydrogens is 344 g/mol. The van der Waals surface area contributed by atoms with Crippen LogP contribution in [-0.4, -0.2) is 36.8 Å². The van der Waals surface area contributed by atoms with Crippen molar-refractivity contribution >= 4 is 22.5 Å². The smallest absolute Gasteiger partial charge is 0.250 e. The predicted molar refractivity (Wildman–Crippen MR) is 105 cm³/mol. The number of nitrogens with zero attached hydrogens (tertiary/aromatic N) is 1. The summed E-state index contributed by atoms with van der Waals surface area (Å²) < 4.78 is 9.97. The number of hydrogen-bond donors (Lipinski definition) is 2. The molecular formula is C21H22N2O4. The standard InChI is InChI=1S/C21H22N2O4/c1-12-9-17(14-5-8-19(27-4)18(24)10-14)23-21-13(2)16(7-6-15(12)21)22-20(25)11-26-3/h5-10,24H,11H2,1-4H3,(H,22,25). The van der Waals surface area contributed by atoms with Crippen LogP contribution in [0.1, 0.15) is 11.1 Å². The minimum Gasteiger partial charge on any atom is -0.504 e. The first-order chi connectivity index (χ1) is 12.9. The molecule has 1 amide bonds. The maximum absolute atomic E-state index is 11.9. The predicted octanol–water partition coefficient (Wildman–Crippen LogP) is 3.82. The van der Waals surface area contributed by atoms with Crippen molar-refractivity contribution in [3.63, 3.8) is 0 Å². The van der Waals surface area contributed by atoms with Crippen molar-refractivity contribution < 1.29 is 19.4 Å². The van der Waals surface area contributed by atoms with Gasteiger partial charge in [0.1, 0.15) is 6.61 Å². The summed E-state index contributed by atoms with van der Waals surface area (Å²) >= 11 is 0. The monoisotopic (exact) mass is 366 g/mol. The molecule has 0 unspecified atom stereocenters. The van der Waals surface area contributed by atoms with Crippen LogP contribution in [0.2, 0.25) is 0 Å². The van der Waals surface area contributed by atoms with E-state index in [1.165, 1.54) is 14.2 Å². The number of methoxy groups -OCH3 is 2. The largest absolute Gasteiger partial charge is 0.504 e. The number of amides is 1. The Kier molecular flexibility index (Phi) is 5.28. The molecule has 0 spiro atoms. The van der Waals surface area contributed by atoms with E-state index in [-0.39, 0.29) is 18.3 Å². The summed E-state index contributed by atoms with van der Waals surface area (Å²) in [6, 6.07) is 11.0. The van der Waals surface area contributed by atoms with Gasteiger partial charge in [0, 0.05) is 23.7 Å². The van der Waals surface area contributed by atoms with Crippen LogP contribution in [0.3, 0.4) is 0 Å². The van der Waals surface area contributed by atoms with Gasteiger partial charge in [0.25, 0.3) is 0 Å². The topological polar surface area (TPSA) is 80.7 Å². The number of phenols is 1. The van der Waals surface area contributed by atoms with Gasteiger partial charge in [0.05, 0.1) is 18.3 Å². The summed E-state index contributed by atoms with van der Waals surface area (Å²) in [7, 11) is 2.99. The zero-order chi connectivity index (χ0) is 19.6. The highest BCUT2D eigenvalue weighted by Crippen LogP contribution is 2.33. The molecule has 0 aliphatic heterocycles. The molecule has 140 valence electrons. The first-order valence-corrected chi connectivity index (χ1v) is 8.51. The summed E-state index contributed by atoms with van der Waals surface area (Å²) in [6.45, 7) is 3.93. The lowest BCUT2D eigenvalue weighted by molar-refractivity contribution is -0.119. The molecule has 0 radical (unpaired) electrons. The minimum atomic E-state index is -0.215. The maximum atomic E-state index is 11.9. The summed E-state index contributed by atoms with van der Waals surface area (Å²) in [4.78, 5) is 16.6. The molecule has 1 aromatic heterocycles. The second-order valence-electron chi connectivity index (χ2n) is 6.33. The van der Waals surface area contributed by atoms with Crippen LogP contribution in [0, 0.1) is 13.8 Å². The van der Waals surface area contributed by atoms with Gasteiger partial charge in [0.15, 0.2) is 11.5 Å². The number of hydrogen-bond acceptors (Lipinski definition) is 5. The Morgan fingerprint density at radius 1 is 1.15 bits per heavy atom. The van der Waals surface area contributed by atoms with E-state index in [2.05, 4.69) is 5.32 Å². The Morgan fingerprint density at radius 2 is 1.93 bits per heavy atom. The Bertz CT molecular complexity index is 1010. The average Bonchev–Trinajstić information content (AvgIpc) is 2.64. The molecule has 0 fully saturated rings. The number of anilines is 1. The molecule has 0 saturated heterocycles. The van der Waals surface area contributed by atoms with E-state index >= 15 is 0 Å². The zero-order valence-corrected chi connectivity index (χ0v) is 15.8. The van der Waals surface area contributed by atoms with Crippen LogP contribution in [0.5, 0.6) is 11.5 Å². The van der Waals surface area contributed by atoms with E-state index in [0.717, 1.165) is 33.3 Å². The molecule has 0 bridgehead atoms. The fourth-order valence-corrected chi connectivity index (χ4v) is 3.05. The van der Waals surface area contributed by atoms with Crippen LogP contribution in [0.4, 0.5) is 5.69 Å². The number of aromatic hydroxyl groups is 1. The molecule has 6 heteroatoms. The number of benzene rings is 2. The number of carbonyl (C=O) groups excluding carboxylic acids is 1. The highest BCUT2D eigenvalue weighted by atomic mass is 16.5. The van der Waals surface area contributed by atoms with Gasteiger partial charge in [-0.2, -0.15) is 0 Å². The fraction of sp³-hybridized carbons (Fsp3) is 0.238. The fourth-order valence-electron chi connectivity index (χ4n) is 3.05. The SMILES string of the molecule is COCC(=O)Nc1ccc2c(C)cc(-c3ccc(OC)c(O)c3)nc2c1C. The molecule has 2 N–H and O–H groups in total. The van der Waals surface area contributed by atoms with E-state index in [1.807, 2.05) is 38.1 Å². The number of carbonyl (C=O) groups is 1. The number of nitrogens with one attached hydrogen (secondary N) is 1.